The molecule has 6 heteroatoms. The number of allylic oxidation sites excluding steroid dienone is 1. The molecule has 1 aromatic carbocycles. The molecule has 0 radical (unpaired) electrons. The number of hydrogen-bond donors (Lipinski definition) is 1. The van der Waals surface area contributed by atoms with Crippen LogP contribution in [-0.4, -0.2) is 30.9 Å². The lowest BCUT2D eigenvalue weighted by molar-refractivity contribution is -0.145. The number of hydrogen-bond acceptors (Lipinski definition) is 4. The van der Waals surface area contributed by atoms with Crippen LogP contribution in [0, 0.1) is 5.92 Å². The Bertz CT molecular complexity index is 697. The number of nitrogens with one attached hydrogen (secondary N) is 1. The van der Waals surface area contributed by atoms with Crippen molar-refractivity contribution in [1.82, 2.24) is 5.32 Å². The molecule has 140 valence electrons. The predicted octanol–water partition coefficient (Wildman–Crippen LogP) is 3.83. The molecular weight excluding hydrogens is 332 g/mol. The molecule has 2 atom stereocenters. The third kappa shape index (κ3) is 4.94. The SMILES string of the molecule is CC=CCOC(=O)C1C(C)=NC(=O)NC1c1ccccc1OCCCC. The highest BCUT2D eigenvalue weighted by atomic mass is 16.5. The van der Waals surface area contributed by atoms with Crippen molar-refractivity contribution in [1.29, 1.82) is 0 Å². The summed E-state index contributed by atoms with van der Waals surface area (Å²) >= 11 is 0. The van der Waals surface area contributed by atoms with E-state index in [-0.39, 0.29) is 6.61 Å². The minimum absolute atomic E-state index is 0.189. The highest BCUT2D eigenvalue weighted by Gasteiger charge is 2.39. The average molecular weight is 358 g/mol. The quantitative estimate of drug-likeness (QED) is 0.435. The molecule has 0 bridgehead atoms. The van der Waals surface area contributed by atoms with Gasteiger partial charge in [0, 0.05) is 11.3 Å². The molecular formula is C20H26N2O4. The number of amides is 2. The van der Waals surface area contributed by atoms with Gasteiger partial charge in [0.05, 0.1) is 12.6 Å². The molecule has 1 aliphatic rings. The van der Waals surface area contributed by atoms with E-state index in [2.05, 4.69) is 17.2 Å². The van der Waals surface area contributed by atoms with Gasteiger partial charge in [0.25, 0.3) is 0 Å². The lowest BCUT2D eigenvalue weighted by atomic mass is 9.88. The predicted molar refractivity (Wildman–Crippen MR) is 100 cm³/mol. The maximum atomic E-state index is 12.6. The Labute approximate surface area is 154 Å². The van der Waals surface area contributed by atoms with Crippen molar-refractivity contribution < 1.29 is 19.1 Å². The van der Waals surface area contributed by atoms with Gasteiger partial charge in [-0.15, -0.1) is 0 Å². The molecule has 2 unspecified atom stereocenters. The van der Waals surface area contributed by atoms with Gasteiger partial charge in [-0.05, 0) is 26.3 Å². The maximum absolute atomic E-state index is 12.6. The summed E-state index contributed by atoms with van der Waals surface area (Å²) in [5, 5.41) is 2.79. The van der Waals surface area contributed by atoms with Crippen LogP contribution in [0.1, 0.15) is 45.2 Å². The fourth-order valence-electron chi connectivity index (χ4n) is 2.80. The first-order chi connectivity index (χ1) is 12.6. The second-order valence-electron chi connectivity index (χ2n) is 6.10. The zero-order valence-corrected chi connectivity index (χ0v) is 15.5. The minimum atomic E-state index is -0.686. The number of para-hydroxylation sites is 1. The minimum Gasteiger partial charge on any atom is -0.493 e. The highest BCUT2D eigenvalue weighted by Crippen LogP contribution is 2.34. The number of aliphatic imine (C=N–C) groups is 1. The Morgan fingerprint density at radius 3 is 2.85 bits per heavy atom. The molecule has 26 heavy (non-hydrogen) atoms. The highest BCUT2D eigenvalue weighted by molar-refractivity contribution is 6.08. The number of nitrogens with zero attached hydrogens (tertiary/aromatic N) is 1. The van der Waals surface area contributed by atoms with E-state index in [1.54, 1.807) is 13.0 Å². The third-order valence-corrected chi connectivity index (χ3v) is 4.16. The van der Waals surface area contributed by atoms with Crippen LogP contribution in [0.2, 0.25) is 0 Å². The normalized spacial score (nSPS) is 19.8. The number of unbranched alkanes of at least 4 members (excludes halogenated alkanes) is 1. The number of benzene rings is 1. The van der Waals surface area contributed by atoms with Crippen LogP contribution in [0.4, 0.5) is 4.79 Å². The van der Waals surface area contributed by atoms with Crippen molar-refractivity contribution in [2.45, 2.75) is 39.7 Å². The number of carbonyl (C=O) groups is 2. The zero-order chi connectivity index (χ0) is 18.9. The number of esters is 1. The summed E-state index contributed by atoms with van der Waals surface area (Å²) in [5.41, 5.74) is 1.19. The van der Waals surface area contributed by atoms with Crippen LogP contribution >= 0.6 is 0 Å². The standard InChI is InChI=1S/C20H26N2O4/c1-4-6-12-25-16-11-9-8-10-15(16)18-17(14(3)21-20(24)22-18)19(23)26-13-7-5-2/h5,7-11,17-18H,4,6,12-13H2,1-3H3,(H,22,24). The van der Waals surface area contributed by atoms with Crippen molar-refractivity contribution in [3.8, 4) is 5.75 Å². The van der Waals surface area contributed by atoms with Crippen molar-refractivity contribution >= 4 is 17.7 Å². The van der Waals surface area contributed by atoms with Crippen LogP contribution < -0.4 is 10.1 Å². The van der Waals surface area contributed by atoms with Gasteiger partial charge in [0.1, 0.15) is 18.3 Å². The molecule has 0 fully saturated rings. The van der Waals surface area contributed by atoms with Crippen molar-refractivity contribution in [2.24, 2.45) is 10.9 Å². The average Bonchev–Trinajstić information content (AvgIpc) is 2.62. The van der Waals surface area contributed by atoms with E-state index in [0.717, 1.165) is 18.4 Å². The number of ether oxygens (including phenoxy) is 2. The molecule has 0 spiro atoms. The first kappa shape index (κ1) is 19.7. The van der Waals surface area contributed by atoms with Crippen molar-refractivity contribution in [3.63, 3.8) is 0 Å². The largest absolute Gasteiger partial charge is 0.493 e. The topological polar surface area (TPSA) is 77.0 Å². The molecule has 1 heterocycles. The summed E-state index contributed by atoms with van der Waals surface area (Å²) < 4.78 is 11.2. The molecule has 2 rings (SSSR count). The lowest BCUT2D eigenvalue weighted by Crippen LogP contribution is -2.44. The van der Waals surface area contributed by atoms with Gasteiger partial charge in [0.15, 0.2) is 0 Å². The van der Waals surface area contributed by atoms with Gasteiger partial charge in [-0.2, -0.15) is 0 Å². The molecule has 1 aliphatic heterocycles. The van der Waals surface area contributed by atoms with Crippen LogP contribution in [0.15, 0.2) is 41.4 Å². The summed E-state index contributed by atoms with van der Waals surface area (Å²) in [6, 6.07) is 6.40. The summed E-state index contributed by atoms with van der Waals surface area (Å²) in [4.78, 5) is 28.5. The van der Waals surface area contributed by atoms with Crippen molar-refractivity contribution in [3.05, 3.63) is 42.0 Å². The van der Waals surface area contributed by atoms with Crippen LogP contribution in [0.5, 0.6) is 5.75 Å². The molecule has 6 nitrogen and oxygen atoms in total. The van der Waals surface area contributed by atoms with Crippen LogP contribution in [0.25, 0.3) is 0 Å². The second kappa shape index (κ2) is 9.75. The van der Waals surface area contributed by atoms with Gasteiger partial charge in [-0.3, -0.25) is 4.79 Å². The molecule has 0 saturated heterocycles. The Balaban J connectivity index is 2.30. The van der Waals surface area contributed by atoms with E-state index in [9.17, 15) is 9.59 Å². The zero-order valence-electron chi connectivity index (χ0n) is 15.5. The maximum Gasteiger partial charge on any atom is 0.341 e. The fraction of sp³-hybridized carbons (Fsp3) is 0.450. The van der Waals surface area contributed by atoms with E-state index < -0.39 is 24.0 Å². The Kier molecular flexibility index (Phi) is 7.38. The molecule has 0 saturated carbocycles. The van der Waals surface area contributed by atoms with Gasteiger partial charge >= 0.3 is 12.0 Å². The lowest BCUT2D eigenvalue weighted by Gasteiger charge is -2.30. The van der Waals surface area contributed by atoms with E-state index >= 15 is 0 Å². The van der Waals surface area contributed by atoms with Gasteiger partial charge in [0.2, 0.25) is 0 Å². The Morgan fingerprint density at radius 2 is 2.12 bits per heavy atom. The molecule has 1 aromatic rings. The second-order valence-corrected chi connectivity index (χ2v) is 6.10. The first-order valence-corrected chi connectivity index (χ1v) is 8.93. The monoisotopic (exact) mass is 358 g/mol. The van der Waals surface area contributed by atoms with Gasteiger partial charge in [-0.25, -0.2) is 9.79 Å². The fourth-order valence-corrected chi connectivity index (χ4v) is 2.80. The molecule has 0 aliphatic carbocycles. The van der Waals surface area contributed by atoms with E-state index in [0.29, 0.717) is 18.1 Å². The molecule has 2 amide bonds. The smallest absolute Gasteiger partial charge is 0.341 e. The van der Waals surface area contributed by atoms with E-state index in [4.69, 9.17) is 9.47 Å². The summed E-state index contributed by atoms with van der Waals surface area (Å²) in [5.74, 6) is -0.446. The Morgan fingerprint density at radius 1 is 1.35 bits per heavy atom. The number of urea groups is 1. The number of rotatable bonds is 8. The Hall–Kier alpha value is -2.63. The molecule has 0 aromatic heterocycles. The van der Waals surface area contributed by atoms with Crippen LogP contribution in [0.3, 0.4) is 0 Å². The van der Waals surface area contributed by atoms with Gasteiger partial charge < -0.3 is 14.8 Å². The van der Waals surface area contributed by atoms with Gasteiger partial charge in [-0.1, -0.05) is 43.7 Å². The first-order valence-electron chi connectivity index (χ1n) is 8.93. The molecule has 1 N–H and O–H groups in total. The summed E-state index contributed by atoms with van der Waals surface area (Å²) in [6.07, 6.45) is 5.52. The van der Waals surface area contributed by atoms with Crippen molar-refractivity contribution in [2.75, 3.05) is 13.2 Å². The summed E-state index contributed by atoms with van der Waals surface area (Å²) in [6.45, 7) is 6.39. The van der Waals surface area contributed by atoms with Crippen LogP contribution in [-0.2, 0) is 9.53 Å². The third-order valence-electron chi connectivity index (χ3n) is 4.16. The summed E-state index contributed by atoms with van der Waals surface area (Å²) in [7, 11) is 0. The van der Waals surface area contributed by atoms with E-state index in [1.165, 1.54) is 0 Å². The number of carbonyl (C=O) groups excluding carboxylic acids is 2. The van der Waals surface area contributed by atoms with E-state index in [1.807, 2.05) is 37.3 Å².